The topological polar surface area (TPSA) is 106 Å². The largest absolute Gasteiger partial charge is 0.507 e. The van der Waals surface area contributed by atoms with Gasteiger partial charge in [0.2, 0.25) is 6.41 Å². The van der Waals surface area contributed by atoms with E-state index in [1.165, 1.54) is 21.3 Å². The molecule has 186 valence electrons. The van der Waals surface area contributed by atoms with Crippen LogP contribution in [0.25, 0.3) is 27.9 Å². The summed E-state index contributed by atoms with van der Waals surface area (Å²) < 4.78 is 17.5. The highest BCUT2D eigenvalue weighted by atomic mass is 35.5. The number of phenolic OH excluding ortho intramolecular Hbond substituents is 1. The summed E-state index contributed by atoms with van der Waals surface area (Å²) in [6, 6.07) is 11.2. The van der Waals surface area contributed by atoms with Gasteiger partial charge in [-0.15, -0.1) is 0 Å². The molecule has 4 aromatic rings. The number of aromatic hydroxyl groups is 1. The van der Waals surface area contributed by atoms with Crippen LogP contribution in [0, 0.1) is 5.82 Å². The second kappa shape index (κ2) is 10.7. The van der Waals surface area contributed by atoms with Crippen molar-refractivity contribution >= 4 is 23.8 Å². The molecule has 0 radical (unpaired) electrons. The number of carbonyl (C=O) groups excluding carboxylic acids is 1. The second-order valence-corrected chi connectivity index (χ2v) is 8.72. The number of carbonyl (C=O) groups is 1. The molecule has 0 spiro atoms. The third kappa shape index (κ3) is 4.96. The Morgan fingerprint density at radius 3 is 2.28 bits per heavy atom. The van der Waals surface area contributed by atoms with Crippen molar-refractivity contribution in [3.63, 3.8) is 0 Å². The van der Waals surface area contributed by atoms with E-state index in [2.05, 4.69) is 15.6 Å². The normalized spacial score (nSPS) is 12.8. The zero-order valence-electron chi connectivity index (χ0n) is 19.6. The van der Waals surface area contributed by atoms with Crippen molar-refractivity contribution in [2.75, 3.05) is 18.0 Å². The van der Waals surface area contributed by atoms with Crippen LogP contribution in [-0.4, -0.2) is 38.7 Å². The Hall–Kier alpha value is -4.11. The third-order valence-electron chi connectivity index (χ3n) is 6.03. The SMILES string of the molecule is Cn1ccn(-c2ccc(-c3cc(F)cc(-c4ccnc(N5CCCC5)c4)c3O)cc2Cl)c1=O.NC=O. The molecule has 1 fully saturated rings. The van der Waals surface area contributed by atoms with Gasteiger partial charge in [-0.2, -0.15) is 0 Å². The van der Waals surface area contributed by atoms with E-state index >= 15 is 0 Å². The van der Waals surface area contributed by atoms with Gasteiger partial charge in [0.05, 0.1) is 10.7 Å². The predicted molar refractivity (Wildman–Crippen MR) is 138 cm³/mol. The molecule has 0 unspecified atom stereocenters. The van der Waals surface area contributed by atoms with Gasteiger partial charge in [-0.05, 0) is 60.4 Å². The summed E-state index contributed by atoms with van der Waals surface area (Å²) in [5, 5.41) is 11.4. The third-order valence-corrected chi connectivity index (χ3v) is 6.33. The van der Waals surface area contributed by atoms with Crippen molar-refractivity contribution in [3.8, 4) is 33.7 Å². The van der Waals surface area contributed by atoms with Gasteiger partial charge in [-0.3, -0.25) is 9.36 Å². The van der Waals surface area contributed by atoms with E-state index in [1.807, 2.05) is 6.07 Å². The summed E-state index contributed by atoms with van der Waals surface area (Å²) in [6.45, 7) is 1.87. The minimum absolute atomic E-state index is 0.0457. The van der Waals surface area contributed by atoms with Gasteiger partial charge in [0.15, 0.2) is 0 Å². The quantitative estimate of drug-likeness (QED) is 0.403. The molecule has 1 aliphatic heterocycles. The lowest BCUT2D eigenvalue weighted by Crippen LogP contribution is -2.20. The van der Waals surface area contributed by atoms with Crippen molar-refractivity contribution in [3.05, 3.63) is 82.4 Å². The zero-order valence-corrected chi connectivity index (χ0v) is 20.3. The Kier molecular flexibility index (Phi) is 7.40. The maximum Gasteiger partial charge on any atom is 0.332 e. The summed E-state index contributed by atoms with van der Waals surface area (Å²) in [7, 11) is 1.65. The zero-order chi connectivity index (χ0) is 25.8. The van der Waals surface area contributed by atoms with Crippen molar-refractivity contribution in [2.24, 2.45) is 12.8 Å². The number of anilines is 1. The van der Waals surface area contributed by atoms with E-state index in [0.29, 0.717) is 33.0 Å². The van der Waals surface area contributed by atoms with Crippen LogP contribution in [0.1, 0.15) is 12.8 Å². The molecule has 0 atom stereocenters. The van der Waals surface area contributed by atoms with Crippen LogP contribution in [0.5, 0.6) is 5.75 Å². The molecule has 36 heavy (non-hydrogen) atoms. The molecule has 2 aromatic heterocycles. The molecule has 10 heteroatoms. The molecular weight excluding hydrogens is 485 g/mol. The number of pyridine rings is 1. The Labute approximate surface area is 212 Å². The highest BCUT2D eigenvalue weighted by molar-refractivity contribution is 6.32. The van der Waals surface area contributed by atoms with Gasteiger partial charge < -0.3 is 20.3 Å². The maximum absolute atomic E-state index is 14.7. The Bertz CT molecular complexity index is 1460. The van der Waals surface area contributed by atoms with E-state index in [-0.39, 0.29) is 17.8 Å². The van der Waals surface area contributed by atoms with E-state index in [1.54, 1.807) is 49.9 Å². The Morgan fingerprint density at radius 1 is 1.06 bits per heavy atom. The number of primary amides is 1. The lowest BCUT2D eigenvalue weighted by molar-refractivity contribution is -0.106. The minimum Gasteiger partial charge on any atom is -0.507 e. The van der Waals surface area contributed by atoms with Crippen molar-refractivity contribution in [2.45, 2.75) is 12.8 Å². The lowest BCUT2D eigenvalue weighted by atomic mass is 9.97. The highest BCUT2D eigenvalue weighted by Gasteiger charge is 2.18. The first-order valence-corrected chi connectivity index (χ1v) is 11.7. The van der Waals surface area contributed by atoms with Crippen LogP contribution >= 0.6 is 11.6 Å². The molecule has 1 amide bonds. The van der Waals surface area contributed by atoms with Crippen LogP contribution in [0.4, 0.5) is 10.2 Å². The van der Waals surface area contributed by atoms with Crippen LogP contribution in [0.2, 0.25) is 5.02 Å². The summed E-state index contributed by atoms with van der Waals surface area (Å²) >= 11 is 6.48. The lowest BCUT2D eigenvalue weighted by Gasteiger charge is -2.18. The predicted octanol–water partition coefficient (Wildman–Crippen LogP) is 4.10. The molecule has 0 aliphatic carbocycles. The number of imidazole rings is 1. The van der Waals surface area contributed by atoms with E-state index < -0.39 is 5.82 Å². The van der Waals surface area contributed by atoms with Gasteiger partial charge in [-0.1, -0.05) is 17.7 Å². The first-order chi connectivity index (χ1) is 17.3. The Balaban J connectivity index is 0.000000967. The van der Waals surface area contributed by atoms with Gasteiger partial charge in [0.25, 0.3) is 0 Å². The summed E-state index contributed by atoms with van der Waals surface area (Å²) in [6.07, 6.45) is 7.43. The number of amides is 1. The maximum atomic E-state index is 14.7. The Morgan fingerprint density at radius 2 is 1.69 bits per heavy atom. The number of nitrogens with two attached hydrogens (primary N) is 1. The van der Waals surface area contributed by atoms with Crippen LogP contribution in [-0.2, 0) is 11.8 Å². The summed E-state index contributed by atoms with van der Waals surface area (Å²) in [5.41, 5.74) is 6.37. The molecule has 3 heterocycles. The van der Waals surface area contributed by atoms with E-state index in [0.717, 1.165) is 31.7 Å². The van der Waals surface area contributed by atoms with Crippen LogP contribution in [0.15, 0.2) is 65.8 Å². The molecule has 0 bridgehead atoms. The number of aryl methyl sites for hydroxylation is 1. The average Bonchev–Trinajstić information content (AvgIpc) is 3.52. The number of aromatic nitrogens is 3. The molecule has 3 N–H and O–H groups in total. The standard InChI is InChI=1S/C25H22ClFN4O2.CH3NO/c1-29-10-11-31(25(29)33)22-5-4-16(12-21(22)26)19-14-18(27)15-20(24(19)32)17-6-7-28-23(13-17)30-8-2-3-9-30;2-1-3/h4-7,10-15,32H,2-3,8-9H2,1H3;1H,(H2,2,3). The highest BCUT2D eigenvalue weighted by Crippen LogP contribution is 2.41. The van der Waals surface area contributed by atoms with Crippen LogP contribution < -0.4 is 16.3 Å². The molecule has 8 nitrogen and oxygen atoms in total. The molecule has 0 saturated carbocycles. The van der Waals surface area contributed by atoms with Gasteiger partial charge in [-0.25, -0.2) is 14.2 Å². The number of hydrogen-bond acceptors (Lipinski definition) is 5. The van der Waals surface area contributed by atoms with Gasteiger partial charge >= 0.3 is 5.69 Å². The minimum atomic E-state index is -0.475. The first kappa shape index (κ1) is 25.0. The molecule has 5 rings (SSSR count). The number of phenols is 1. The second-order valence-electron chi connectivity index (χ2n) is 8.31. The number of benzene rings is 2. The van der Waals surface area contributed by atoms with Crippen molar-refractivity contribution in [1.29, 1.82) is 0 Å². The van der Waals surface area contributed by atoms with Crippen molar-refractivity contribution in [1.82, 2.24) is 14.1 Å². The van der Waals surface area contributed by atoms with Gasteiger partial charge in [0, 0.05) is 49.9 Å². The molecule has 2 aromatic carbocycles. The smallest absolute Gasteiger partial charge is 0.332 e. The number of hydrogen-bond donors (Lipinski definition) is 2. The number of nitrogens with zero attached hydrogens (tertiary/aromatic N) is 4. The van der Waals surface area contributed by atoms with E-state index in [4.69, 9.17) is 16.4 Å². The molecular formula is C26H25ClFN5O3. The van der Waals surface area contributed by atoms with Gasteiger partial charge in [0.1, 0.15) is 17.4 Å². The molecule has 1 aliphatic rings. The van der Waals surface area contributed by atoms with Crippen LogP contribution in [0.3, 0.4) is 0 Å². The average molecular weight is 510 g/mol. The fraction of sp³-hybridized carbons (Fsp3) is 0.192. The summed E-state index contributed by atoms with van der Waals surface area (Å²) in [4.78, 5) is 27.5. The van der Waals surface area contributed by atoms with E-state index in [9.17, 15) is 14.3 Å². The number of rotatable bonds is 4. The fourth-order valence-electron chi connectivity index (χ4n) is 4.26. The molecule has 1 saturated heterocycles. The monoisotopic (exact) mass is 509 g/mol. The fourth-order valence-corrected chi connectivity index (χ4v) is 4.53. The summed E-state index contributed by atoms with van der Waals surface area (Å²) in [5.74, 6) is 0.295. The van der Waals surface area contributed by atoms with Crippen molar-refractivity contribution < 1.29 is 14.3 Å². The first-order valence-electron chi connectivity index (χ1n) is 11.3. The number of halogens is 2.